The predicted molar refractivity (Wildman–Crippen MR) is 62.8 cm³/mol. The molecule has 1 atom stereocenters. The van der Waals surface area contributed by atoms with Gasteiger partial charge < -0.3 is 4.57 Å². The van der Waals surface area contributed by atoms with E-state index in [1.807, 2.05) is 0 Å². The van der Waals surface area contributed by atoms with Crippen LogP contribution >= 0.6 is 27.5 Å². The first-order valence-electron chi connectivity index (χ1n) is 4.52. The van der Waals surface area contributed by atoms with E-state index in [1.54, 1.807) is 24.0 Å². The molecule has 6 heteroatoms. The van der Waals surface area contributed by atoms with Gasteiger partial charge in [-0.15, -0.1) is 21.8 Å². The van der Waals surface area contributed by atoms with E-state index >= 15 is 0 Å². The first-order chi connectivity index (χ1) is 7.58. The lowest BCUT2D eigenvalue weighted by Gasteiger charge is -2.09. The topological polar surface area (TPSA) is 30.7 Å². The Morgan fingerprint density at radius 1 is 1.44 bits per heavy atom. The third-order valence-electron chi connectivity index (χ3n) is 2.15. The molecule has 0 spiro atoms. The molecule has 0 aliphatic rings. The predicted octanol–water partition coefficient (Wildman–Crippen LogP) is 3.04. The van der Waals surface area contributed by atoms with Crippen molar-refractivity contribution in [3.8, 4) is 0 Å². The highest BCUT2D eigenvalue weighted by Gasteiger charge is 2.17. The van der Waals surface area contributed by atoms with Gasteiger partial charge in [0, 0.05) is 11.5 Å². The van der Waals surface area contributed by atoms with E-state index in [0.717, 1.165) is 0 Å². The Bertz CT molecular complexity index is 494. The van der Waals surface area contributed by atoms with Crippen molar-refractivity contribution in [2.45, 2.75) is 5.38 Å². The summed E-state index contributed by atoms with van der Waals surface area (Å²) < 4.78 is 15.6. The molecule has 0 N–H and O–H groups in total. The van der Waals surface area contributed by atoms with Crippen LogP contribution in [0.2, 0.25) is 0 Å². The molecule has 0 aliphatic carbocycles. The van der Waals surface area contributed by atoms with Gasteiger partial charge in [-0.25, -0.2) is 4.39 Å². The van der Waals surface area contributed by atoms with Crippen molar-refractivity contribution in [1.29, 1.82) is 0 Å². The van der Waals surface area contributed by atoms with Crippen LogP contribution in [-0.2, 0) is 7.05 Å². The Balaban J connectivity index is 2.41. The monoisotopic (exact) mass is 303 g/mol. The van der Waals surface area contributed by atoms with Crippen molar-refractivity contribution < 1.29 is 4.39 Å². The Morgan fingerprint density at radius 3 is 2.75 bits per heavy atom. The fourth-order valence-corrected chi connectivity index (χ4v) is 2.20. The number of aromatic nitrogens is 3. The van der Waals surface area contributed by atoms with Gasteiger partial charge in [-0.3, -0.25) is 0 Å². The molecule has 0 saturated heterocycles. The molecular weight excluding hydrogens is 296 g/mol. The lowest BCUT2D eigenvalue weighted by atomic mass is 10.1. The van der Waals surface area contributed by atoms with Crippen LogP contribution in [-0.4, -0.2) is 14.8 Å². The van der Waals surface area contributed by atoms with Gasteiger partial charge in [-0.2, -0.15) is 0 Å². The molecule has 1 heterocycles. The van der Waals surface area contributed by atoms with E-state index in [0.29, 0.717) is 15.9 Å². The molecule has 2 rings (SSSR count). The second-order valence-corrected chi connectivity index (χ2v) is 4.72. The molecule has 1 unspecified atom stereocenters. The molecule has 1 aromatic heterocycles. The quantitative estimate of drug-likeness (QED) is 0.798. The van der Waals surface area contributed by atoms with Crippen molar-refractivity contribution in [2.24, 2.45) is 7.05 Å². The van der Waals surface area contributed by atoms with Gasteiger partial charge in [0.05, 0.1) is 0 Å². The summed E-state index contributed by atoms with van der Waals surface area (Å²) in [7, 11) is 1.79. The molecular formula is C10H8BrClFN3. The normalized spacial score (nSPS) is 12.8. The third-order valence-corrected chi connectivity index (χ3v) is 3.06. The average Bonchev–Trinajstić information content (AvgIpc) is 2.62. The average molecular weight is 305 g/mol. The van der Waals surface area contributed by atoms with E-state index in [4.69, 9.17) is 11.6 Å². The van der Waals surface area contributed by atoms with Crippen molar-refractivity contribution in [3.63, 3.8) is 0 Å². The number of nitrogens with zero attached hydrogens (tertiary/aromatic N) is 3. The van der Waals surface area contributed by atoms with E-state index in [-0.39, 0.29) is 5.82 Å². The highest BCUT2D eigenvalue weighted by atomic mass is 79.9. The second-order valence-electron chi connectivity index (χ2n) is 3.37. The number of hydrogen-bond donors (Lipinski definition) is 0. The molecule has 0 fully saturated rings. The van der Waals surface area contributed by atoms with E-state index < -0.39 is 5.38 Å². The molecule has 0 saturated carbocycles. The van der Waals surface area contributed by atoms with Crippen LogP contribution in [0.4, 0.5) is 4.39 Å². The zero-order valence-corrected chi connectivity index (χ0v) is 10.7. The molecule has 0 amide bonds. The van der Waals surface area contributed by atoms with Gasteiger partial charge in [0.15, 0.2) is 5.82 Å². The minimum Gasteiger partial charge on any atom is -0.319 e. The van der Waals surface area contributed by atoms with Crippen molar-refractivity contribution in [3.05, 3.63) is 46.2 Å². The first kappa shape index (κ1) is 11.5. The van der Waals surface area contributed by atoms with Crippen molar-refractivity contribution in [1.82, 2.24) is 14.8 Å². The molecule has 84 valence electrons. The summed E-state index contributed by atoms with van der Waals surface area (Å²) >= 11 is 9.43. The summed E-state index contributed by atoms with van der Waals surface area (Å²) in [4.78, 5) is 0. The van der Waals surface area contributed by atoms with Crippen LogP contribution in [0.3, 0.4) is 0 Å². The number of rotatable bonds is 2. The number of alkyl halides is 1. The Kier molecular flexibility index (Phi) is 3.25. The van der Waals surface area contributed by atoms with Crippen molar-refractivity contribution >= 4 is 27.5 Å². The smallest absolute Gasteiger partial charge is 0.155 e. The summed E-state index contributed by atoms with van der Waals surface area (Å²) in [5, 5.41) is 7.12. The molecule has 2 aromatic rings. The zero-order chi connectivity index (χ0) is 11.7. The second kappa shape index (κ2) is 4.51. The number of hydrogen-bond acceptors (Lipinski definition) is 2. The zero-order valence-electron chi connectivity index (χ0n) is 8.36. The fraction of sp³-hybridized carbons (Fsp3) is 0.200. The summed E-state index contributed by atoms with van der Waals surface area (Å²) in [6.07, 6.45) is 1.55. The minimum atomic E-state index is -0.514. The van der Waals surface area contributed by atoms with E-state index in [9.17, 15) is 4.39 Å². The highest BCUT2D eigenvalue weighted by Crippen LogP contribution is 2.29. The molecule has 1 aromatic carbocycles. The summed E-state index contributed by atoms with van der Waals surface area (Å²) in [5.41, 5.74) is 0.643. The lowest BCUT2D eigenvalue weighted by Crippen LogP contribution is -2.02. The molecule has 0 radical (unpaired) electrons. The molecule has 0 bridgehead atoms. The molecule has 16 heavy (non-hydrogen) atoms. The number of benzene rings is 1. The summed E-state index contributed by atoms with van der Waals surface area (Å²) in [6.45, 7) is 0. The molecule has 3 nitrogen and oxygen atoms in total. The van der Waals surface area contributed by atoms with Gasteiger partial charge in [-0.1, -0.05) is 15.9 Å². The largest absolute Gasteiger partial charge is 0.319 e. The van der Waals surface area contributed by atoms with Gasteiger partial charge >= 0.3 is 0 Å². The Hall–Kier alpha value is -0.940. The maximum Gasteiger partial charge on any atom is 0.155 e. The Morgan fingerprint density at radius 2 is 2.19 bits per heavy atom. The van der Waals surface area contributed by atoms with Gasteiger partial charge in [0.2, 0.25) is 0 Å². The SMILES string of the molecule is Cn1cnnc1C(Cl)c1cc(F)cc(Br)c1. The Labute approximate surface area is 105 Å². The highest BCUT2D eigenvalue weighted by molar-refractivity contribution is 9.10. The van der Waals surface area contributed by atoms with E-state index in [1.165, 1.54) is 12.1 Å². The van der Waals surface area contributed by atoms with Crippen LogP contribution in [0.5, 0.6) is 0 Å². The maximum atomic E-state index is 13.2. The fourth-order valence-electron chi connectivity index (χ4n) is 1.39. The van der Waals surface area contributed by atoms with Crippen LogP contribution in [0.25, 0.3) is 0 Å². The van der Waals surface area contributed by atoms with Gasteiger partial charge in [0.25, 0.3) is 0 Å². The van der Waals surface area contributed by atoms with Gasteiger partial charge in [0.1, 0.15) is 17.5 Å². The summed E-state index contributed by atoms with van der Waals surface area (Å²) in [6, 6.07) is 4.52. The van der Waals surface area contributed by atoms with Crippen LogP contribution in [0.1, 0.15) is 16.8 Å². The van der Waals surface area contributed by atoms with Crippen LogP contribution < -0.4 is 0 Å². The minimum absolute atomic E-state index is 0.336. The maximum absolute atomic E-state index is 13.2. The standard InChI is InChI=1S/C10H8BrClFN3/c1-16-5-14-15-10(16)9(12)6-2-7(11)4-8(13)3-6/h2-5,9H,1H3. The van der Waals surface area contributed by atoms with Crippen LogP contribution in [0.15, 0.2) is 29.0 Å². The van der Waals surface area contributed by atoms with Crippen molar-refractivity contribution in [2.75, 3.05) is 0 Å². The van der Waals surface area contributed by atoms with Crippen LogP contribution in [0, 0.1) is 5.82 Å². The third kappa shape index (κ3) is 2.25. The number of aryl methyl sites for hydroxylation is 1. The molecule has 0 aliphatic heterocycles. The van der Waals surface area contributed by atoms with E-state index in [2.05, 4.69) is 26.1 Å². The lowest BCUT2D eigenvalue weighted by molar-refractivity contribution is 0.624. The van der Waals surface area contributed by atoms with Gasteiger partial charge in [-0.05, 0) is 23.8 Å². The summed E-state index contributed by atoms with van der Waals surface area (Å²) in [5.74, 6) is 0.247. The number of halogens is 3. The first-order valence-corrected chi connectivity index (χ1v) is 5.75.